The molecule has 0 saturated heterocycles. The van der Waals surface area contributed by atoms with Crippen LogP contribution < -0.4 is 0 Å². The van der Waals surface area contributed by atoms with Crippen molar-refractivity contribution >= 4 is 23.5 Å². The summed E-state index contributed by atoms with van der Waals surface area (Å²) in [5, 5.41) is 9.12. The number of nitrogens with zero attached hydrogens (tertiary/aromatic N) is 2. The van der Waals surface area contributed by atoms with Gasteiger partial charge in [-0.25, -0.2) is 9.78 Å². The van der Waals surface area contributed by atoms with Gasteiger partial charge in [0.1, 0.15) is 6.04 Å². The van der Waals surface area contributed by atoms with Gasteiger partial charge in [-0.15, -0.1) is 11.6 Å². The Hall–Kier alpha value is -1.56. The number of fused-ring (bicyclic) bond motifs is 1. The normalized spacial score (nSPS) is 18.9. The first kappa shape index (κ1) is 11.9. The van der Waals surface area contributed by atoms with Gasteiger partial charge in [0.2, 0.25) is 5.91 Å². The number of alkyl halides is 1. The first-order valence-corrected chi connectivity index (χ1v) is 5.76. The van der Waals surface area contributed by atoms with Crippen LogP contribution in [0.25, 0.3) is 0 Å². The Bertz CT molecular complexity index is 446. The quantitative estimate of drug-likeness (QED) is 0.767. The molecule has 0 bridgehead atoms. The molecule has 6 nitrogen and oxygen atoms in total. The van der Waals surface area contributed by atoms with E-state index in [1.54, 1.807) is 0 Å². The van der Waals surface area contributed by atoms with Crippen LogP contribution in [-0.4, -0.2) is 43.8 Å². The SMILES string of the molecule is O=C(O)C1Cc2nc[nH]c2CN1C(=O)CCCl. The number of carboxylic acid groups (broad SMARTS) is 1. The fourth-order valence-electron chi connectivity index (χ4n) is 1.94. The topological polar surface area (TPSA) is 86.3 Å². The standard InChI is InChI=1S/C10H12ClN3O3/c11-2-1-9(15)14-4-7-6(12-5-13-7)3-8(14)10(16)17/h5,8H,1-4H2,(H,12,13)(H,16,17). The van der Waals surface area contributed by atoms with Gasteiger partial charge >= 0.3 is 5.97 Å². The van der Waals surface area contributed by atoms with Gasteiger partial charge < -0.3 is 15.0 Å². The van der Waals surface area contributed by atoms with Crippen molar-refractivity contribution in [3.05, 3.63) is 17.7 Å². The van der Waals surface area contributed by atoms with Crippen LogP contribution in [0.1, 0.15) is 17.8 Å². The van der Waals surface area contributed by atoms with E-state index in [0.29, 0.717) is 5.69 Å². The third-order valence-corrected chi connectivity index (χ3v) is 3.00. The molecule has 7 heteroatoms. The molecule has 1 unspecified atom stereocenters. The summed E-state index contributed by atoms with van der Waals surface area (Å²) in [6.07, 6.45) is 1.90. The highest BCUT2D eigenvalue weighted by atomic mass is 35.5. The van der Waals surface area contributed by atoms with Gasteiger partial charge in [0, 0.05) is 18.7 Å². The van der Waals surface area contributed by atoms with Gasteiger partial charge in [-0.3, -0.25) is 4.79 Å². The van der Waals surface area contributed by atoms with E-state index in [2.05, 4.69) is 9.97 Å². The molecule has 1 aromatic rings. The van der Waals surface area contributed by atoms with Crippen molar-refractivity contribution in [3.63, 3.8) is 0 Å². The van der Waals surface area contributed by atoms with Crippen LogP contribution in [-0.2, 0) is 22.6 Å². The molecule has 0 spiro atoms. The molecule has 1 aliphatic rings. The minimum atomic E-state index is -1.01. The fourth-order valence-corrected chi connectivity index (χ4v) is 2.10. The predicted octanol–water partition coefficient (Wildman–Crippen LogP) is 0.376. The number of nitrogens with one attached hydrogen (secondary N) is 1. The lowest BCUT2D eigenvalue weighted by Crippen LogP contribution is -2.48. The number of aromatic amines is 1. The van der Waals surface area contributed by atoms with Crippen molar-refractivity contribution in [1.82, 2.24) is 14.9 Å². The van der Waals surface area contributed by atoms with Gasteiger partial charge in [0.25, 0.3) is 0 Å². The van der Waals surface area contributed by atoms with E-state index in [0.717, 1.165) is 5.69 Å². The monoisotopic (exact) mass is 257 g/mol. The third-order valence-electron chi connectivity index (χ3n) is 2.81. The number of carbonyl (C=O) groups is 2. The van der Waals surface area contributed by atoms with Crippen LogP contribution in [0.15, 0.2) is 6.33 Å². The molecule has 1 aromatic heterocycles. The molecule has 0 saturated carbocycles. The molecular weight excluding hydrogens is 246 g/mol. The Labute approximate surface area is 103 Å². The number of H-pyrrole nitrogens is 1. The van der Waals surface area contributed by atoms with Gasteiger partial charge in [0.15, 0.2) is 0 Å². The molecule has 1 atom stereocenters. The molecule has 2 heterocycles. The maximum absolute atomic E-state index is 11.8. The average Bonchev–Trinajstić information content (AvgIpc) is 2.74. The molecule has 1 amide bonds. The molecular formula is C10H12ClN3O3. The lowest BCUT2D eigenvalue weighted by atomic mass is 10.0. The maximum atomic E-state index is 11.8. The van der Waals surface area contributed by atoms with Crippen molar-refractivity contribution in [3.8, 4) is 0 Å². The molecule has 0 aromatic carbocycles. The molecule has 0 radical (unpaired) electrons. The molecule has 0 fully saturated rings. The van der Waals surface area contributed by atoms with Gasteiger partial charge in [0.05, 0.1) is 24.3 Å². The number of imidazole rings is 1. The van der Waals surface area contributed by atoms with E-state index in [9.17, 15) is 9.59 Å². The van der Waals surface area contributed by atoms with Gasteiger partial charge in [-0.05, 0) is 0 Å². The number of amides is 1. The molecule has 17 heavy (non-hydrogen) atoms. The summed E-state index contributed by atoms with van der Waals surface area (Å²) in [7, 11) is 0. The van der Waals surface area contributed by atoms with Crippen LogP contribution in [0, 0.1) is 0 Å². The van der Waals surface area contributed by atoms with Crippen molar-refractivity contribution in [2.45, 2.75) is 25.4 Å². The van der Waals surface area contributed by atoms with Crippen molar-refractivity contribution < 1.29 is 14.7 Å². The summed E-state index contributed by atoms with van der Waals surface area (Å²) in [5.74, 6) is -1.06. The Morgan fingerprint density at radius 1 is 1.65 bits per heavy atom. The summed E-state index contributed by atoms with van der Waals surface area (Å²) < 4.78 is 0. The highest BCUT2D eigenvalue weighted by Crippen LogP contribution is 2.21. The van der Waals surface area contributed by atoms with Crippen LogP contribution >= 0.6 is 11.6 Å². The average molecular weight is 258 g/mol. The first-order valence-electron chi connectivity index (χ1n) is 5.23. The number of aliphatic carboxylic acids is 1. The van der Waals surface area contributed by atoms with Gasteiger partial charge in [-0.2, -0.15) is 0 Å². The summed E-state index contributed by atoms with van der Waals surface area (Å²) >= 11 is 5.51. The third kappa shape index (κ3) is 2.26. The largest absolute Gasteiger partial charge is 0.480 e. The Kier molecular flexibility index (Phi) is 3.33. The zero-order valence-corrected chi connectivity index (χ0v) is 9.78. The fraction of sp³-hybridized carbons (Fsp3) is 0.500. The number of aromatic nitrogens is 2. The summed E-state index contributed by atoms with van der Waals surface area (Å²) in [5.41, 5.74) is 1.51. The van der Waals surface area contributed by atoms with Crippen molar-refractivity contribution in [2.24, 2.45) is 0 Å². The van der Waals surface area contributed by atoms with Gasteiger partial charge in [-0.1, -0.05) is 0 Å². The van der Waals surface area contributed by atoms with Crippen LogP contribution in [0.4, 0.5) is 0 Å². The molecule has 92 valence electrons. The predicted molar refractivity (Wildman–Crippen MR) is 59.6 cm³/mol. The Morgan fingerprint density at radius 3 is 3.06 bits per heavy atom. The molecule has 2 N–H and O–H groups in total. The number of carboxylic acids is 1. The number of carbonyl (C=O) groups excluding carboxylic acids is 1. The minimum absolute atomic E-state index is 0.148. The second-order valence-electron chi connectivity index (χ2n) is 3.85. The smallest absolute Gasteiger partial charge is 0.326 e. The Balaban J connectivity index is 2.24. The lowest BCUT2D eigenvalue weighted by molar-refractivity contribution is -0.151. The molecule has 1 aliphatic heterocycles. The maximum Gasteiger partial charge on any atom is 0.326 e. The molecule has 0 aliphatic carbocycles. The van der Waals surface area contributed by atoms with Crippen LogP contribution in [0.5, 0.6) is 0 Å². The highest BCUT2D eigenvalue weighted by molar-refractivity contribution is 6.18. The van der Waals surface area contributed by atoms with E-state index >= 15 is 0 Å². The van der Waals surface area contributed by atoms with Crippen LogP contribution in [0.2, 0.25) is 0 Å². The molecule has 2 rings (SSSR count). The van der Waals surface area contributed by atoms with E-state index in [-0.39, 0.29) is 31.2 Å². The number of rotatable bonds is 3. The number of hydrogen-bond acceptors (Lipinski definition) is 3. The zero-order chi connectivity index (χ0) is 12.4. The van der Waals surface area contributed by atoms with Crippen molar-refractivity contribution in [1.29, 1.82) is 0 Å². The van der Waals surface area contributed by atoms with E-state index in [1.807, 2.05) is 0 Å². The minimum Gasteiger partial charge on any atom is -0.480 e. The second-order valence-corrected chi connectivity index (χ2v) is 4.22. The van der Waals surface area contributed by atoms with E-state index < -0.39 is 12.0 Å². The number of halogens is 1. The number of hydrogen-bond donors (Lipinski definition) is 2. The van der Waals surface area contributed by atoms with Crippen molar-refractivity contribution in [2.75, 3.05) is 5.88 Å². The zero-order valence-electron chi connectivity index (χ0n) is 9.02. The second kappa shape index (κ2) is 4.75. The van der Waals surface area contributed by atoms with E-state index in [1.165, 1.54) is 11.2 Å². The summed E-state index contributed by atoms with van der Waals surface area (Å²) in [6, 6.07) is -0.846. The summed E-state index contributed by atoms with van der Waals surface area (Å²) in [4.78, 5) is 31.2. The highest BCUT2D eigenvalue weighted by Gasteiger charge is 2.35. The summed E-state index contributed by atoms with van der Waals surface area (Å²) in [6.45, 7) is 0.252. The Morgan fingerprint density at radius 2 is 2.41 bits per heavy atom. The van der Waals surface area contributed by atoms with Crippen LogP contribution in [0.3, 0.4) is 0 Å². The first-order chi connectivity index (χ1) is 8.13. The van der Waals surface area contributed by atoms with E-state index in [4.69, 9.17) is 16.7 Å². The lowest BCUT2D eigenvalue weighted by Gasteiger charge is -2.32.